The van der Waals surface area contributed by atoms with Gasteiger partial charge in [-0.1, -0.05) is 12.1 Å². The molecule has 2 aromatic rings. The maximum absolute atomic E-state index is 13.3. The second-order valence-corrected chi connectivity index (χ2v) is 6.48. The van der Waals surface area contributed by atoms with Crippen molar-refractivity contribution in [1.29, 1.82) is 0 Å². The van der Waals surface area contributed by atoms with Crippen molar-refractivity contribution in [2.45, 2.75) is 10.6 Å². The van der Waals surface area contributed by atoms with E-state index in [4.69, 9.17) is 0 Å². The molecule has 0 bridgehead atoms. The second kappa shape index (κ2) is 5.21. The van der Waals surface area contributed by atoms with Gasteiger partial charge in [0.2, 0.25) is 0 Å². The van der Waals surface area contributed by atoms with Crippen LogP contribution < -0.4 is 0 Å². The predicted octanol–water partition coefficient (Wildman–Crippen LogP) is 3.96. The average Bonchev–Trinajstić information content (AvgIpc) is 2.64. The van der Waals surface area contributed by atoms with E-state index < -0.39 is 16.6 Å². The van der Waals surface area contributed by atoms with Gasteiger partial charge in [-0.15, -0.1) is 11.3 Å². The van der Waals surface area contributed by atoms with E-state index in [2.05, 4.69) is 15.9 Å². The molecule has 0 aliphatic heterocycles. The zero-order valence-corrected chi connectivity index (χ0v) is 11.4. The zero-order valence-electron chi connectivity index (χ0n) is 8.15. The van der Waals surface area contributed by atoms with Gasteiger partial charge in [-0.3, -0.25) is 4.21 Å². The molecule has 0 saturated carbocycles. The highest BCUT2D eigenvalue weighted by atomic mass is 79.9. The SMILES string of the molecule is O=S(Cc1cc(Br)cs1)c1ccccc1F. The van der Waals surface area contributed by atoms with E-state index in [1.54, 1.807) is 18.2 Å². The maximum atomic E-state index is 13.3. The molecule has 0 aliphatic carbocycles. The molecule has 84 valence electrons. The fraction of sp³-hybridized carbons (Fsp3) is 0.0909. The van der Waals surface area contributed by atoms with Gasteiger partial charge in [0, 0.05) is 14.7 Å². The molecular formula is C11H8BrFOS2. The molecule has 5 heteroatoms. The van der Waals surface area contributed by atoms with Crippen LogP contribution >= 0.6 is 27.3 Å². The molecule has 1 atom stereocenters. The van der Waals surface area contributed by atoms with Gasteiger partial charge in [-0.25, -0.2) is 4.39 Å². The summed E-state index contributed by atoms with van der Waals surface area (Å²) in [5, 5.41) is 1.92. The number of thiophene rings is 1. The summed E-state index contributed by atoms with van der Waals surface area (Å²) in [6.45, 7) is 0. The van der Waals surface area contributed by atoms with Crippen LogP contribution in [-0.4, -0.2) is 4.21 Å². The van der Waals surface area contributed by atoms with E-state index in [1.165, 1.54) is 17.4 Å². The van der Waals surface area contributed by atoms with Crippen LogP contribution in [0.25, 0.3) is 0 Å². The Kier molecular flexibility index (Phi) is 3.89. The van der Waals surface area contributed by atoms with Crippen LogP contribution in [0.2, 0.25) is 0 Å². The van der Waals surface area contributed by atoms with Crippen LogP contribution in [0.3, 0.4) is 0 Å². The van der Waals surface area contributed by atoms with E-state index in [9.17, 15) is 8.60 Å². The van der Waals surface area contributed by atoms with Crippen LogP contribution in [0.5, 0.6) is 0 Å². The summed E-state index contributed by atoms with van der Waals surface area (Å²) >= 11 is 4.85. The molecular weight excluding hydrogens is 311 g/mol. The summed E-state index contributed by atoms with van der Waals surface area (Å²) in [6, 6.07) is 8.09. The Hall–Kier alpha value is -0.520. The molecule has 0 N–H and O–H groups in total. The lowest BCUT2D eigenvalue weighted by atomic mass is 10.3. The Balaban J connectivity index is 2.18. The fourth-order valence-electron chi connectivity index (χ4n) is 1.27. The van der Waals surface area contributed by atoms with Crippen LogP contribution in [0.1, 0.15) is 4.88 Å². The van der Waals surface area contributed by atoms with Gasteiger partial charge < -0.3 is 0 Å². The standard InChI is InChI=1S/C11H8BrFOS2/c12-8-5-9(15-6-8)7-16(14)11-4-2-1-3-10(11)13/h1-6H,7H2. The van der Waals surface area contributed by atoms with Crippen molar-refractivity contribution < 1.29 is 8.60 Å². The molecule has 1 heterocycles. The molecule has 0 radical (unpaired) electrons. The van der Waals surface area contributed by atoms with E-state index in [1.807, 2.05) is 11.4 Å². The highest BCUT2D eigenvalue weighted by Crippen LogP contribution is 2.23. The topological polar surface area (TPSA) is 17.1 Å². The Morgan fingerprint density at radius 3 is 2.75 bits per heavy atom. The summed E-state index contributed by atoms with van der Waals surface area (Å²) in [6.07, 6.45) is 0. The first-order valence-corrected chi connectivity index (χ1v) is 7.52. The molecule has 1 aromatic heterocycles. The van der Waals surface area contributed by atoms with Crippen molar-refractivity contribution >= 4 is 38.1 Å². The van der Waals surface area contributed by atoms with Crippen molar-refractivity contribution in [2.75, 3.05) is 0 Å². The van der Waals surface area contributed by atoms with Gasteiger partial charge in [0.05, 0.1) is 21.4 Å². The molecule has 16 heavy (non-hydrogen) atoms. The largest absolute Gasteiger partial charge is 0.254 e. The Morgan fingerprint density at radius 2 is 2.12 bits per heavy atom. The predicted molar refractivity (Wildman–Crippen MR) is 68.5 cm³/mol. The lowest BCUT2D eigenvalue weighted by molar-refractivity contribution is 0.595. The number of hydrogen-bond acceptors (Lipinski definition) is 2. The smallest absolute Gasteiger partial charge is 0.139 e. The van der Waals surface area contributed by atoms with Crippen molar-refractivity contribution in [3.8, 4) is 0 Å². The lowest BCUT2D eigenvalue weighted by Crippen LogP contribution is -1.97. The van der Waals surface area contributed by atoms with Crippen LogP contribution in [0.15, 0.2) is 45.1 Å². The first-order chi connectivity index (χ1) is 7.66. The normalized spacial score (nSPS) is 12.6. The molecule has 0 fully saturated rings. The average molecular weight is 319 g/mol. The highest BCUT2D eigenvalue weighted by molar-refractivity contribution is 9.10. The van der Waals surface area contributed by atoms with Gasteiger partial charge in [0.15, 0.2) is 0 Å². The number of rotatable bonds is 3. The second-order valence-electron chi connectivity index (χ2n) is 3.15. The Bertz CT molecular complexity index is 524. The van der Waals surface area contributed by atoms with Gasteiger partial charge in [-0.05, 0) is 34.1 Å². The summed E-state index contributed by atoms with van der Waals surface area (Å²) in [5.41, 5.74) is 0. The molecule has 1 nitrogen and oxygen atoms in total. The summed E-state index contributed by atoms with van der Waals surface area (Å²) in [4.78, 5) is 1.25. The van der Waals surface area contributed by atoms with Gasteiger partial charge >= 0.3 is 0 Å². The molecule has 0 aliphatic rings. The third-order valence-corrected chi connectivity index (χ3v) is 5.25. The monoisotopic (exact) mass is 318 g/mol. The quantitative estimate of drug-likeness (QED) is 0.837. The highest BCUT2D eigenvalue weighted by Gasteiger charge is 2.10. The minimum Gasteiger partial charge on any atom is -0.254 e. The molecule has 0 spiro atoms. The third-order valence-electron chi connectivity index (χ3n) is 1.98. The number of hydrogen-bond donors (Lipinski definition) is 0. The lowest BCUT2D eigenvalue weighted by Gasteiger charge is -2.01. The van der Waals surface area contributed by atoms with E-state index in [-0.39, 0.29) is 4.90 Å². The van der Waals surface area contributed by atoms with Crippen LogP contribution in [0, 0.1) is 5.82 Å². The molecule has 2 rings (SSSR count). The first-order valence-electron chi connectivity index (χ1n) is 4.52. The molecule has 1 unspecified atom stereocenters. The fourth-order valence-corrected chi connectivity index (χ4v) is 4.11. The minimum atomic E-state index is -1.32. The molecule has 1 aromatic carbocycles. The van der Waals surface area contributed by atoms with Crippen molar-refractivity contribution in [3.05, 3.63) is 50.9 Å². The zero-order chi connectivity index (χ0) is 11.5. The summed E-state index contributed by atoms with van der Waals surface area (Å²) in [5.74, 6) is -0.0477. The first kappa shape index (κ1) is 12.0. The van der Waals surface area contributed by atoms with E-state index in [0.717, 1.165) is 9.35 Å². The Labute approximate surface area is 108 Å². The maximum Gasteiger partial charge on any atom is 0.139 e. The third kappa shape index (κ3) is 2.78. The summed E-state index contributed by atoms with van der Waals surface area (Å²) < 4.78 is 26.2. The molecule has 0 saturated heterocycles. The van der Waals surface area contributed by atoms with Crippen molar-refractivity contribution in [1.82, 2.24) is 0 Å². The minimum absolute atomic E-state index is 0.270. The number of benzene rings is 1. The van der Waals surface area contributed by atoms with Gasteiger partial charge in [0.1, 0.15) is 5.82 Å². The Morgan fingerprint density at radius 1 is 1.38 bits per heavy atom. The van der Waals surface area contributed by atoms with E-state index >= 15 is 0 Å². The van der Waals surface area contributed by atoms with Crippen molar-refractivity contribution in [2.24, 2.45) is 0 Å². The van der Waals surface area contributed by atoms with Crippen LogP contribution in [-0.2, 0) is 16.6 Å². The molecule has 0 amide bonds. The van der Waals surface area contributed by atoms with E-state index in [0.29, 0.717) is 5.75 Å². The van der Waals surface area contributed by atoms with Gasteiger partial charge in [-0.2, -0.15) is 0 Å². The van der Waals surface area contributed by atoms with Gasteiger partial charge in [0.25, 0.3) is 0 Å². The van der Waals surface area contributed by atoms with Crippen molar-refractivity contribution in [3.63, 3.8) is 0 Å². The number of halogens is 2. The van der Waals surface area contributed by atoms with Crippen LogP contribution in [0.4, 0.5) is 4.39 Å². The summed E-state index contributed by atoms with van der Waals surface area (Å²) in [7, 11) is -1.32.